The molecule has 0 aromatic carbocycles. The molecule has 1 heterocycles. The quantitative estimate of drug-likeness (QED) is 0.778. The highest BCUT2D eigenvalue weighted by molar-refractivity contribution is 9.10. The summed E-state index contributed by atoms with van der Waals surface area (Å²) in [4.78, 5) is 4.06. The van der Waals surface area contributed by atoms with Gasteiger partial charge in [-0.15, -0.1) is 0 Å². The van der Waals surface area contributed by atoms with E-state index in [0.29, 0.717) is 0 Å². The Labute approximate surface area is 118 Å². The molecule has 0 saturated carbocycles. The monoisotopic (exact) mass is 314 g/mol. The third kappa shape index (κ3) is 7.67. The van der Waals surface area contributed by atoms with E-state index >= 15 is 0 Å². The van der Waals surface area contributed by atoms with Gasteiger partial charge >= 0.3 is 0 Å². The molecule has 18 heavy (non-hydrogen) atoms. The van der Waals surface area contributed by atoms with Gasteiger partial charge < -0.3 is 10.1 Å². The lowest BCUT2D eigenvalue weighted by Gasteiger charge is -2.20. The van der Waals surface area contributed by atoms with E-state index in [2.05, 4.69) is 47.0 Å². The van der Waals surface area contributed by atoms with Crippen LogP contribution in [0.15, 0.2) is 22.9 Å². The molecule has 0 amide bonds. The van der Waals surface area contributed by atoms with Gasteiger partial charge in [0.2, 0.25) is 0 Å². The van der Waals surface area contributed by atoms with Crippen molar-refractivity contribution >= 4 is 15.9 Å². The molecule has 0 aliphatic rings. The molecule has 1 N–H and O–H groups in total. The SMILES string of the molecule is CC(C)(C)NCCCCCOc1cncc(Br)c1. The fraction of sp³-hybridized carbons (Fsp3) is 0.643. The van der Waals surface area contributed by atoms with Crippen LogP contribution in [0.3, 0.4) is 0 Å². The van der Waals surface area contributed by atoms with Gasteiger partial charge in [0.15, 0.2) is 0 Å². The van der Waals surface area contributed by atoms with E-state index in [1.807, 2.05) is 6.07 Å². The summed E-state index contributed by atoms with van der Waals surface area (Å²) in [5.41, 5.74) is 0.221. The molecule has 0 fully saturated rings. The minimum atomic E-state index is 0.221. The molecule has 0 radical (unpaired) electrons. The molecule has 1 rings (SSSR count). The average Bonchev–Trinajstić information content (AvgIpc) is 2.26. The summed E-state index contributed by atoms with van der Waals surface area (Å²) < 4.78 is 6.57. The minimum absolute atomic E-state index is 0.221. The Morgan fingerprint density at radius 1 is 1.22 bits per heavy atom. The Morgan fingerprint density at radius 3 is 2.67 bits per heavy atom. The molecule has 1 aromatic heterocycles. The van der Waals surface area contributed by atoms with Crippen LogP contribution in [0.4, 0.5) is 0 Å². The standard InChI is InChI=1S/C14H23BrN2O/c1-14(2,3)17-7-5-4-6-8-18-13-9-12(15)10-16-11-13/h9-11,17H,4-8H2,1-3H3. The number of pyridine rings is 1. The fourth-order valence-corrected chi connectivity index (χ4v) is 1.87. The topological polar surface area (TPSA) is 34.1 Å². The first-order valence-electron chi connectivity index (χ1n) is 6.46. The van der Waals surface area contributed by atoms with Gasteiger partial charge in [0, 0.05) is 16.2 Å². The second kappa shape index (κ2) is 7.74. The van der Waals surface area contributed by atoms with Crippen molar-refractivity contribution in [2.45, 2.75) is 45.6 Å². The molecule has 1 aromatic rings. The molecule has 0 bridgehead atoms. The Hall–Kier alpha value is -0.610. The lowest BCUT2D eigenvalue weighted by atomic mass is 10.1. The van der Waals surface area contributed by atoms with Gasteiger partial charge in [-0.1, -0.05) is 0 Å². The van der Waals surface area contributed by atoms with E-state index < -0.39 is 0 Å². The summed E-state index contributed by atoms with van der Waals surface area (Å²) in [6, 6.07) is 1.94. The van der Waals surface area contributed by atoms with Crippen LogP contribution in [0, 0.1) is 0 Å². The molecule has 0 aliphatic carbocycles. The summed E-state index contributed by atoms with van der Waals surface area (Å²) in [7, 11) is 0. The summed E-state index contributed by atoms with van der Waals surface area (Å²) in [6.07, 6.45) is 6.96. The number of nitrogens with zero attached hydrogens (tertiary/aromatic N) is 1. The van der Waals surface area contributed by atoms with Crippen molar-refractivity contribution in [3.8, 4) is 5.75 Å². The number of halogens is 1. The van der Waals surface area contributed by atoms with Crippen molar-refractivity contribution in [3.63, 3.8) is 0 Å². The first-order valence-corrected chi connectivity index (χ1v) is 7.25. The molecule has 102 valence electrons. The van der Waals surface area contributed by atoms with Gasteiger partial charge in [-0.3, -0.25) is 4.98 Å². The molecular weight excluding hydrogens is 292 g/mol. The number of nitrogens with one attached hydrogen (secondary N) is 1. The maximum Gasteiger partial charge on any atom is 0.138 e. The maximum absolute atomic E-state index is 5.62. The zero-order chi connectivity index (χ0) is 13.4. The van der Waals surface area contributed by atoms with Gasteiger partial charge in [-0.25, -0.2) is 0 Å². The molecule has 0 unspecified atom stereocenters. The predicted molar refractivity (Wildman–Crippen MR) is 79.0 cm³/mol. The lowest BCUT2D eigenvalue weighted by molar-refractivity contribution is 0.302. The molecule has 0 aliphatic heterocycles. The van der Waals surface area contributed by atoms with Crippen molar-refractivity contribution in [1.82, 2.24) is 10.3 Å². The van der Waals surface area contributed by atoms with Crippen LogP contribution in [0.25, 0.3) is 0 Å². The molecule has 3 nitrogen and oxygen atoms in total. The Balaban J connectivity index is 2.02. The van der Waals surface area contributed by atoms with Crippen molar-refractivity contribution in [2.75, 3.05) is 13.2 Å². The molecule has 0 spiro atoms. The molecular formula is C14H23BrN2O. The van der Waals surface area contributed by atoms with Crippen LogP contribution in [0.2, 0.25) is 0 Å². The van der Waals surface area contributed by atoms with Gasteiger partial charge in [0.25, 0.3) is 0 Å². The highest BCUT2D eigenvalue weighted by atomic mass is 79.9. The third-order valence-electron chi connectivity index (χ3n) is 2.42. The number of ether oxygens (including phenoxy) is 1. The Bertz CT molecular complexity index is 350. The fourth-order valence-electron chi connectivity index (χ4n) is 1.53. The van der Waals surface area contributed by atoms with Crippen LogP contribution in [0.1, 0.15) is 40.0 Å². The van der Waals surface area contributed by atoms with Crippen LogP contribution in [0.5, 0.6) is 5.75 Å². The second-order valence-electron chi connectivity index (χ2n) is 5.42. The average molecular weight is 315 g/mol. The highest BCUT2D eigenvalue weighted by Gasteiger charge is 2.06. The van der Waals surface area contributed by atoms with Crippen molar-refractivity contribution in [1.29, 1.82) is 0 Å². The van der Waals surface area contributed by atoms with Crippen LogP contribution < -0.4 is 10.1 Å². The van der Waals surface area contributed by atoms with E-state index in [9.17, 15) is 0 Å². The van der Waals surface area contributed by atoms with Gasteiger partial charge in [-0.2, -0.15) is 0 Å². The van der Waals surface area contributed by atoms with Crippen molar-refractivity contribution in [2.24, 2.45) is 0 Å². The summed E-state index contributed by atoms with van der Waals surface area (Å²) >= 11 is 3.37. The van der Waals surface area contributed by atoms with Crippen molar-refractivity contribution in [3.05, 3.63) is 22.9 Å². The van der Waals surface area contributed by atoms with Crippen molar-refractivity contribution < 1.29 is 4.74 Å². The molecule has 0 saturated heterocycles. The highest BCUT2D eigenvalue weighted by Crippen LogP contribution is 2.16. The zero-order valence-corrected chi connectivity index (χ0v) is 13.1. The van der Waals surface area contributed by atoms with E-state index in [1.165, 1.54) is 12.8 Å². The first kappa shape index (κ1) is 15.4. The van der Waals surface area contributed by atoms with Crippen LogP contribution >= 0.6 is 15.9 Å². The van der Waals surface area contributed by atoms with E-state index in [1.54, 1.807) is 12.4 Å². The summed E-state index contributed by atoms with van der Waals surface area (Å²) in [5, 5.41) is 3.48. The molecule has 0 atom stereocenters. The number of hydrogen-bond donors (Lipinski definition) is 1. The number of rotatable bonds is 7. The van der Waals surface area contributed by atoms with E-state index in [4.69, 9.17) is 4.74 Å². The van der Waals surface area contributed by atoms with E-state index in [-0.39, 0.29) is 5.54 Å². The van der Waals surface area contributed by atoms with Crippen LogP contribution in [-0.2, 0) is 0 Å². The Morgan fingerprint density at radius 2 is 2.00 bits per heavy atom. The van der Waals surface area contributed by atoms with E-state index in [0.717, 1.165) is 29.8 Å². The largest absolute Gasteiger partial charge is 0.492 e. The van der Waals surface area contributed by atoms with Gasteiger partial charge in [0.05, 0.1) is 12.8 Å². The number of aromatic nitrogens is 1. The summed E-state index contributed by atoms with van der Waals surface area (Å²) in [6.45, 7) is 8.40. The minimum Gasteiger partial charge on any atom is -0.492 e. The zero-order valence-electron chi connectivity index (χ0n) is 11.5. The lowest BCUT2D eigenvalue weighted by Crippen LogP contribution is -2.36. The first-order chi connectivity index (χ1) is 8.47. The maximum atomic E-state index is 5.62. The van der Waals surface area contributed by atoms with Gasteiger partial charge in [0.1, 0.15) is 5.75 Å². The predicted octanol–water partition coefficient (Wildman–Crippen LogP) is 3.78. The second-order valence-corrected chi connectivity index (χ2v) is 6.34. The summed E-state index contributed by atoms with van der Waals surface area (Å²) in [5.74, 6) is 0.831. The number of hydrogen-bond acceptors (Lipinski definition) is 3. The number of unbranched alkanes of at least 4 members (excludes halogenated alkanes) is 2. The van der Waals surface area contributed by atoms with Gasteiger partial charge in [-0.05, 0) is 68.6 Å². The van der Waals surface area contributed by atoms with Crippen LogP contribution in [-0.4, -0.2) is 23.7 Å². The Kier molecular flexibility index (Phi) is 6.65. The smallest absolute Gasteiger partial charge is 0.138 e. The normalized spacial score (nSPS) is 11.6. The molecule has 4 heteroatoms. The third-order valence-corrected chi connectivity index (χ3v) is 2.86.